The second kappa shape index (κ2) is 5.16. The first-order chi connectivity index (χ1) is 8.29. The van der Waals surface area contributed by atoms with Crippen LogP contribution in [0.25, 0.3) is 17.5 Å². The molecule has 2 aromatic rings. The second-order valence-corrected chi connectivity index (χ2v) is 3.64. The van der Waals surface area contributed by atoms with Crippen molar-refractivity contribution in [2.75, 3.05) is 0 Å². The predicted octanol–water partition coefficient (Wildman–Crippen LogP) is 2.66. The first-order valence-corrected chi connectivity index (χ1v) is 5.31. The number of hydrogen-bond acceptors (Lipinski definition) is 3. The number of rotatable bonds is 3. The fourth-order valence-corrected chi connectivity index (χ4v) is 1.48. The lowest BCUT2D eigenvalue weighted by Gasteiger charge is -2.01. The summed E-state index contributed by atoms with van der Waals surface area (Å²) in [4.78, 5) is 18.8. The molecule has 0 unspecified atom stereocenters. The molecular weight excluding hydrogens is 212 g/mol. The smallest absolute Gasteiger partial charge is 0.159 e. The van der Waals surface area contributed by atoms with Crippen LogP contribution in [0.1, 0.15) is 11.3 Å². The van der Waals surface area contributed by atoms with Crippen LogP contribution >= 0.6 is 0 Å². The Balaban J connectivity index is 2.29. The number of allylic oxidation sites excluding steroid dienone is 1. The monoisotopic (exact) mass is 224 g/mol. The molecular formula is C14H12N2O. The number of benzene rings is 1. The molecule has 0 radical (unpaired) electrons. The van der Waals surface area contributed by atoms with Gasteiger partial charge in [-0.1, -0.05) is 30.3 Å². The zero-order valence-corrected chi connectivity index (χ0v) is 9.50. The molecule has 0 aliphatic rings. The van der Waals surface area contributed by atoms with Gasteiger partial charge in [0.1, 0.15) is 6.29 Å². The van der Waals surface area contributed by atoms with Crippen molar-refractivity contribution in [1.29, 1.82) is 0 Å². The molecule has 0 bridgehead atoms. The molecule has 0 atom stereocenters. The van der Waals surface area contributed by atoms with Crippen LogP contribution in [0.3, 0.4) is 0 Å². The fourth-order valence-electron chi connectivity index (χ4n) is 1.48. The van der Waals surface area contributed by atoms with E-state index in [-0.39, 0.29) is 0 Å². The van der Waals surface area contributed by atoms with Gasteiger partial charge in [-0.25, -0.2) is 9.97 Å². The molecule has 0 saturated heterocycles. The third-order valence-corrected chi connectivity index (χ3v) is 2.33. The Morgan fingerprint density at radius 3 is 2.53 bits per heavy atom. The van der Waals surface area contributed by atoms with Crippen molar-refractivity contribution >= 4 is 12.4 Å². The quantitative estimate of drug-likeness (QED) is 0.594. The number of aryl methyl sites for hydroxylation is 1. The number of aromatic nitrogens is 2. The number of carbonyl (C=O) groups excluding carboxylic acids is 1. The Labute approximate surface area is 99.9 Å². The summed E-state index contributed by atoms with van der Waals surface area (Å²) in [6.45, 7) is 1.94. The molecule has 0 fully saturated rings. The van der Waals surface area contributed by atoms with Gasteiger partial charge < -0.3 is 0 Å². The van der Waals surface area contributed by atoms with E-state index in [4.69, 9.17) is 0 Å². The molecule has 0 amide bonds. The molecule has 1 aromatic heterocycles. The summed E-state index contributed by atoms with van der Waals surface area (Å²) in [7, 11) is 0. The van der Waals surface area contributed by atoms with E-state index in [0.717, 1.165) is 28.9 Å². The van der Waals surface area contributed by atoms with Crippen LogP contribution in [0.4, 0.5) is 0 Å². The van der Waals surface area contributed by atoms with Crippen molar-refractivity contribution in [2.24, 2.45) is 0 Å². The van der Waals surface area contributed by atoms with Gasteiger partial charge in [0.05, 0.1) is 0 Å². The summed E-state index contributed by atoms with van der Waals surface area (Å²) in [5.74, 6) is 0.718. The van der Waals surface area contributed by atoms with Gasteiger partial charge in [-0.05, 0) is 24.6 Å². The van der Waals surface area contributed by atoms with Crippen molar-refractivity contribution in [1.82, 2.24) is 9.97 Å². The highest BCUT2D eigenvalue weighted by molar-refractivity contribution is 5.74. The maximum atomic E-state index is 10.2. The normalized spacial score (nSPS) is 10.6. The highest BCUT2D eigenvalue weighted by Crippen LogP contribution is 2.15. The minimum absolute atomic E-state index is 0.718. The highest BCUT2D eigenvalue weighted by atomic mass is 16.1. The van der Waals surface area contributed by atoms with Crippen LogP contribution in [0.5, 0.6) is 0 Å². The van der Waals surface area contributed by atoms with Crippen LogP contribution in [0.15, 0.2) is 42.6 Å². The summed E-state index contributed by atoms with van der Waals surface area (Å²) in [6.07, 6.45) is 5.74. The number of hydrogen-bond donors (Lipinski definition) is 0. The number of carbonyl (C=O) groups is 1. The van der Waals surface area contributed by atoms with Gasteiger partial charge in [-0.15, -0.1) is 0 Å². The molecule has 1 aromatic carbocycles. The van der Waals surface area contributed by atoms with Gasteiger partial charge in [0.15, 0.2) is 5.82 Å². The fraction of sp³-hybridized carbons (Fsp3) is 0.0714. The van der Waals surface area contributed by atoms with Crippen molar-refractivity contribution < 1.29 is 4.79 Å². The van der Waals surface area contributed by atoms with E-state index >= 15 is 0 Å². The average molecular weight is 224 g/mol. The van der Waals surface area contributed by atoms with Gasteiger partial charge in [0, 0.05) is 17.5 Å². The second-order valence-electron chi connectivity index (χ2n) is 3.64. The van der Waals surface area contributed by atoms with E-state index < -0.39 is 0 Å². The first kappa shape index (κ1) is 11.2. The molecule has 3 nitrogen and oxygen atoms in total. The van der Waals surface area contributed by atoms with Crippen molar-refractivity contribution in [3.63, 3.8) is 0 Å². The summed E-state index contributed by atoms with van der Waals surface area (Å²) in [6, 6.07) is 9.62. The zero-order valence-electron chi connectivity index (χ0n) is 9.50. The van der Waals surface area contributed by atoms with Crippen LogP contribution in [0.2, 0.25) is 0 Å². The number of aldehydes is 1. The summed E-state index contributed by atoms with van der Waals surface area (Å²) < 4.78 is 0. The molecule has 17 heavy (non-hydrogen) atoms. The topological polar surface area (TPSA) is 42.9 Å². The molecule has 84 valence electrons. The molecule has 3 heteroatoms. The van der Waals surface area contributed by atoms with Gasteiger partial charge in [0.25, 0.3) is 0 Å². The zero-order chi connectivity index (χ0) is 12.1. The van der Waals surface area contributed by atoms with E-state index in [1.54, 1.807) is 12.3 Å². The van der Waals surface area contributed by atoms with E-state index in [1.165, 1.54) is 6.08 Å². The SMILES string of the molecule is Cc1ccnc(-c2ccc(/C=C/C=O)cc2)n1. The standard InChI is InChI=1S/C14H12N2O/c1-11-8-9-15-14(16-11)13-6-4-12(5-7-13)3-2-10-17/h2-10H,1H3/b3-2+. The van der Waals surface area contributed by atoms with Crippen molar-refractivity contribution in [3.8, 4) is 11.4 Å². The third kappa shape index (κ3) is 2.84. The van der Waals surface area contributed by atoms with Gasteiger partial charge in [0.2, 0.25) is 0 Å². The lowest BCUT2D eigenvalue weighted by Crippen LogP contribution is -1.90. The van der Waals surface area contributed by atoms with Crippen LogP contribution in [-0.4, -0.2) is 16.3 Å². The van der Waals surface area contributed by atoms with Crippen molar-refractivity contribution in [2.45, 2.75) is 6.92 Å². The molecule has 0 spiro atoms. The molecule has 0 N–H and O–H groups in total. The van der Waals surface area contributed by atoms with Crippen LogP contribution in [0, 0.1) is 6.92 Å². The Hall–Kier alpha value is -2.29. The molecule has 0 aliphatic heterocycles. The summed E-state index contributed by atoms with van der Waals surface area (Å²) >= 11 is 0. The number of nitrogens with zero attached hydrogens (tertiary/aromatic N) is 2. The lowest BCUT2D eigenvalue weighted by molar-refractivity contribution is -0.104. The molecule has 0 aliphatic carbocycles. The third-order valence-electron chi connectivity index (χ3n) is 2.33. The maximum absolute atomic E-state index is 10.2. The Morgan fingerprint density at radius 1 is 1.12 bits per heavy atom. The summed E-state index contributed by atoms with van der Waals surface area (Å²) in [5.41, 5.74) is 2.89. The maximum Gasteiger partial charge on any atom is 0.159 e. The highest BCUT2D eigenvalue weighted by Gasteiger charge is 2.00. The minimum Gasteiger partial charge on any atom is -0.299 e. The largest absolute Gasteiger partial charge is 0.299 e. The van der Waals surface area contributed by atoms with Gasteiger partial charge in [-0.2, -0.15) is 0 Å². The van der Waals surface area contributed by atoms with E-state index in [9.17, 15) is 4.79 Å². The van der Waals surface area contributed by atoms with Crippen LogP contribution in [-0.2, 0) is 4.79 Å². The molecule has 2 rings (SSSR count). The summed E-state index contributed by atoms with van der Waals surface area (Å²) in [5, 5.41) is 0. The molecule has 0 saturated carbocycles. The Morgan fingerprint density at radius 2 is 1.88 bits per heavy atom. The van der Waals surface area contributed by atoms with E-state index in [1.807, 2.05) is 37.3 Å². The Kier molecular flexibility index (Phi) is 3.40. The Bertz CT molecular complexity index is 544. The van der Waals surface area contributed by atoms with E-state index in [2.05, 4.69) is 9.97 Å². The lowest BCUT2D eigenvalue weighted by atomic mass is 10.1. The van der Waals surface area contributed by atoms with E-state index in [0.29, 0.717) is 0 Å². The minimum atomic E-state index is 0.718. The van der Waals surface area contributed by atoms with Crippen LogP contribution < -0.4 is 0 Å². The van der Waals surface area contributed by atoms with Crippen molar-refractivity contribution in [3.05, 3.63) is 53.9 Å². The average Bonchev–Trinajstić information content (AvgIpc) is 2.37. The van der Waals surface area contributed by atoms with Gasteiger partial charge in [-0.3, -0.25) is 4.79 Å². The van der Waals surface area contributed by atoms with Gasteiger partial charge >= 0.3 is 0 Å². The predicted molar refractivity (Wildman–Crippen MR) is 67.3 cm³/mol. The molecule has 1 heterocycles. The first-order valence-electron chi connectivity index (χ1n) is 5.31.